The van der Waals surface area contributed by atoms with Gasteiger partial charge in [0.15, 0.2) is 0 Å². The van der Waals surface area contributed by atoms with Gasteiger partial charge in [-0.15, -0.1) is 11.3 Å². The Balaban J connectivity index is 2.27. The average Bonchev–Trinajstić information content (AvgIpc) is 2.67. The molecule has 0 aliphatic heterocycles. The second-order valence-electron chi connectivity index (χ2n) is 3.17. The van der Waals surface area contributed by atoms with E-state index in [1.54, 1.807) is 11.3 Å². The van der Waals surface area contributed by atoms with E-state index < -0.39 is 0 Å². The molecule has 0 aliphatic carbocycles. The first-order valence-corrected chi connectivity index (χ1v) is 5.77. The summed E-state index contributed by atoms with van der Waals surface area (Å²) in [7, 11) is 0. The Morgan fingerprint density at radius 3 is 2.40 bits per heavy atom. The van der Waals surface area contributed by atoms with Crippen LogP contribution in [0, 0.1) is 0 Å². The van der Waals surface area contributed by atoms with E-state index in [9.17, 15) is 4.79 Å². The molecular formula is C12H9ClOS. The highest BCUT2D eigenvalue weighted by atomic mass is 35.5. The third-order valence-electron chi connectivity index (χ3n) is 2.13. The Kier molecular flexibility index (Phi) is 3.19. The zero-order chi connectivity index (χ0) is 10.7. The molecule has 2 aromatic rings. The number of benzene rings is 1. The third kappa shape index (κ3) is 2.46. The quantitative estimate of drug-likeness (QED) is 0.741. The van der Waals surface area contributed by atoms with Crippen LogP contribution in [-0.2, 0) is 11.2 Å². The van der Waals surface area contributed by atoms with Crippen LogP contribution in [0.1, 0.15) is 5.56 Å². The Bertz CT molecular complexity index is 459. The first-order valence-electron chi connectivity index (χ1n) is 4.58. The molecule has 2 rings (SSSR count). The number of aldehydes is 1. The van der Waals surface area contributed by atoms with Gasteiger partial charge in [-0.05, 0) is 23.3 Å². The van der Waals surface area contributed by atoms with Crippen LogP contribution in [0.4, 0.5) is 0 Å². The van der Waals surface area contributed by atoms with Gasteiger partial charge in [-0.2, -0.15) is 0 Å². The lowest BCUT2D eigenvalue weighted by atomic mass is 10.1. The zero-order valence-corrected chi connectivity index (χ0v) is 9.52. The van der Waals surface area contributed by atoms with Crippen molar-refractivity contribution in [1.29, 1.82) is 0 Å². The van der Waals surface area contributed by atoms with E-state index >= 15 is 0 Å². The van der Waals surface area contributed by atoms with E-state index in [4.69, 9.17) is 11.6 Å². The normalized spacial score (nSPS) is 10.2. The largest absolute Gasteiger partial charge is 0.303 e. The van der Waals surface area contributed by atoms with E-state index in [1.165, 1.54) is 0 Å². The number of carbonyl (C=O) groups is 1. The fourth-order valence-electron chi connectivity index (χ4n) is 1.37. The molecule has 0 bridgehead atoms. The molecule has 0 atom stereocenters. The van der Waals surface area contributed by atoms with Crippen LogP contribution in [0.5, 0.6) is 0 Å². The minimum atomic E-state index is 0.478. The van der Waals surface area contributed by atoms with Gasteiger partial charge in [-0.3, -0.25) is 0 Å². The molecule has 0 saturated heterocycles. The topological polar surface area (TPSA) is 17.1 Å². The minimum absolute atomic E-state index is 0.478. The third-order valence-corrected chi connectivity index (χ3v) is 3.41. The summed E-state index contributed by atoms with van der Waals surface area (Å²) in [4.78, 5) is 11.5. The monoisotopic (exact) mass is 236 g/mol. The fourth-order valence-corrected chi connectivity index (χ4v) is 2.42. The van der Waals surface area contributed by atoms with Crippen molar-refractivity contribution in [3.05, 3.63) is 46.3 Å². The summed E-state index contributed by atoms with van der Waals surface area (Å²) < 4.78 is 0.793. The van der Waals surface area contributed by atoms with E-state index in [0.717, 1.165) is 26.6 Å². The first-order chi connectivity index (χ1) is 7.29. The molecule has 1 aromatic heterocycles. The van der Waals surface area contributed by atoms with Crippen LogP contribution in [0.3, 0.4) is 0 Å². The number of rotatable bonds is 3. The highest BCUT2D eigenvalue weighted by Gasteiger charge is 2.01. The molecule has 0 unspecified atom stereocenters. The van der Waals surface area contributed by atoms with Crippen molar-refractivity contribution in [2.45, 2.75) is 6.42 Å². The molecule has 1 heterocycles. The number of hydrogen-bond donors (Lipinski definition) is 0. The van der Waals surface area contributed by atoms with Gasteiger partial charge in [-0.25, -0.2) is 0 Å². The second-order valence-corrected chi connectivity index (χ2v) is 4.89. The molecule has 76 valence electrons. The van der Waals surface area contributed by atoms with Crippen molar-refractivity contribution in [2.24, 2.45) is 0 Å². The fraction of sp³-hybridized carbons (Fsp3) is 0.0833. The number of hydrogen-bond acceptors (Lipinski definition) is 2. The lowest BCUT2D eigenvalue weighted by Gasteiger charge is -1.98. The highest BCUT2D eigenvalue weighted by molar-refractivity contribution is 7.19. The van der Waals surface area contributed by atoms with Gasteiger partial charge in [0, 0.05) is 11.3 Å². The predicted octanol–water partition coefficient (Wildman–Crippen LogP) is 3.81. The van der Waals surface area contributed by atoms with Gasteiger partial charge in [0.1, 0.15) is 6.29 Å². The summed E-state index contributed by atoms with van der Waals surface area (Å²) in [5.74, 6) is 0. The predicted molar refractivity (Wildman–Crippen MR) is 64.5 cm³/mol. The SMILES string of the molecule is O=CCc1ccc(-c2ccc(Cl)s2)cc1. The maximum atomic E-state index is 10.3. The molecule has 0 N–H and O–H groups in total. The lowest BCUT2D eigenvalue weighted by Crippen LogP contribution is -1.84. The van der Waals surface area contributed by atoms with Crippen molar-refractivity contribution < 1.29 is 4.79 Å². The summed E-state index contributed by atoms with van der Waals surface area (Å²) in [6.45, 7) is 0. The van der Waals surface area contributed by atoms with Crippen molar-refractivity contribution in [2.75, 3.05) is 0 Å². The summed E-state index contributed by atoms with van der Waals surface area (Å²) in [6.07, 6.45) is 1.39. The molecule has 0 fully saturated rings. The van der Waals surface area contributed by atoms with Crippen LogP contribution < -0.4 is 0 Å². The highest BCUT2D eigenvalue weighted by Crippen LogP contribution is 2.30. The summed E-state index contributed by atoms with van der Waals surface area (Å²) in [5.41, 5.74) is 2.18. The number of carbonyl (C=O) groups excluding carboxylic acids is 1. The van der Waals surface area contributed by atoms with Crippen LogP contribution in [0.25, 0.3) is 10.4 Å². The second kappa shape index (κ2) is 4.60. The van der Waals surface area contributed by atoms with Gasteiger partial charge in [0.2, 0.25) is 0 Å². The molecule has 1 nitrogen and oxygen atoms in total. The Hall–Kier alpha value is -1.12. The molecule has 0 amide bonds. The van der Waals surface area contributed by atoms with Gasteiger partial charge < -0.3 is 4.79 Å². The van der Waals surface area contributed by atoms with Gasteiger partial charge in [0.25, 0.3) is 0 Å². The van der Waals surface area contributed by atoms with Crippen molar-refractivity contribution in [1.82, 2.24) is 0 Å². The van der Waals surface area contributed by atoms with Crippen LogP contribution in [-0.4, -0.2) is 6.29 Å². The van der Waals surface area contributed by atoms with Crippen LogP contribution in [0.15, 0.2) is 36.4 Å². The molecule has 3 heteroatoms. The minimum Gasteiger partial charge on any atom is -0.303 e. The van der Waals surface area contributed by atoms with Crippen molar-refractivity contribution in [3.63, 3.8) is 0 Å². The van der Waals surface area contributed by atoms with Gasteiger partial charge in [0.05, 0.1) is 4.34 Å². The van der Waals surface area contributed by atoms with Gasteiger partial charge >= 0.3 is 0 Å². The summed E-state index contributed by atoms with van der Waals surface area (Å²) in [5, 5.41) is 0. The summed E-state index contributed by atoms with van der Waals surface area (Å²) in [6, 6.07) is 11.9. The van der Waals surface area contributed by atoms with Gasteiger partial charge in [-0.1, -0.05) is 35.9 Å². The maximum Gasteiger partial charge on any atom is 0.124 e. The van der Waals surface area contributed by atoms with E-state index in [0.29, 0.717) is 6.42 Å². The van der Waals surface area contributed by atoms with Crippen LogP contribution in [0.2, 0.25) is 4.34 Å². The van der Waals surface area contributed by atoms with Crippen LogP contribution >= 0.6 is 22.9 Å². The smallest absolute Gasteiger partial charge is 0.124 e. The van der Waals surface area contributed by atoms with E-state index in [-0.39, 0.29) is 0 Å². The Morgan fingerprint density at radius 2 is 1.87 bits per heavy atom. The summed E-state index contributed by atoms with van der Waals surface area (Å²) >= 11 is 7.42. The zero-order valence-electron chi connectivity index (χ0n) is 7.94. The number of halogens is 1. The van der Waals surface area contributed by atoms with Crippen molar-refractivity contribution in [3.8, 4) is 10.4 Å². The average molecular weight is 237 g/mol. The van der Waals surface area contributed by atoms with Crippen molar-refractivity contribution >= 4 is 29.2 Å². The van der Waals surface area contributed by atoms with E-state index in [2.05, 4.69) is 0 Å². The number of thiophene rings is 1. The molecule has 0 aliphatic rings. The molecular weight excluding hydrogens is 228 g/mol. The standard InChI is InChI=1S/C12H9ClOS/c13-12-6-5-11(15-12)10-3-1-9(2-4-10)7-8-14/h1-6,8H,7H2. The van der Waals surface area contributed by atoms with E-state index in [1.807, 2.05) is 36.4 Å². The lowest BCUT2D eigenvalue weighted by molar-refractivity contribution is -0.107. The molecule has 0 saturated carbocycles. The molecule has 15 heavy (non-hydrogen) atoms. The molecule has 0 spiro atoms. The molecule has 0 radical (unpaired) electrons. The Labute approximate surface area is 97.3 Å². The Morgan fingerprint density at radius 1 is 1.13 bits per heavy atom. The maximum absolute atomic E-state index is 10.3. The molecule has 1 aromatic carbocycles. The first kappa shape index (κ1) is 10.4.